The number of nitrogens with one attached hydrogen (secondary N) is 1. The molecule has 2 heterocycles. The maximum atomic E-state index is 4.83. The Morgan fingerprint density at radius 1 is 1.25 bits per heavy atom. The number of thiazole rings is 1. The first-order chi connectivity index (χ1) is 9.65. The van der Waals surface area contributed by atoms with E-state index in [-0.39, 0.29) is 0 Å². The number of rotatable bonds is 6. The van der Waals surface area contributed by atoms with E-state index in [1.165, 1.54) is 21.7 Å². The first kappa shape index (κ1) is 15.1. The Morgan fingerprint density at radius 3 is 2.70 bits per heavy atom. The summed E-state index contributed by atoms with van der Waals surface area (Å²) in [5.41, 5.74) is 4.66. The fraction of sp³-hybridized carbons (Fsp3) is 0.500. The molecule has 0 radical (unpaired) electrons. The third-order valence-electron chi connectivity index (χ3n) is 3.22. The number of hydrogen-bond acceptors (Lipinski definition) is 4. The highest BCUT2D eigenvalue weighted by Crippen LogP contribution is 2.29. The zero-order valence-electron chi connectivity index (χ0n) is 12.8. The molecule has 0 atom stereocenters. The van der Waals surface area contributed by atoms with E-state index in [0.717, 1.165) is 36.6 Å². The molecule has 0 unspecified atom stereocenters. The minimum absolute atomic E-state index is 0.911. The summed E-state index contributed by atoms with van der Waals surface area (Å²) in [7, 11) is 0. The Bertz CT molecular complexity index is 575. The second-order valence-electron chi connectivity index (χ2n) is 5.10. The van der Waals surface area contributed by atoms with Gasteiger partial charge in [0.1, 0.15) is 10.7 Å². The molecule has 0 spiro atoms. The molecule has 4 heteroatoms. The lowest BCUT2D eigenvalue weighted by Gasteiger charge is -2.01. The van der Waals surface area contributed by atoms with E-state index in [2.05, 4.69) is 44.1 Å². The smallest absolute Gasteiger partial charge is 0.142 e. The highest BCUT2D eigenvalue weighted by atomic mass is 32.1. The predicted octanol–water partition coefficient (Wildman–Crippen LogP) is 3.88. The molecule has 0 aromatic carbocycles. The Hall–Kier alpha value is -1.26. The SMILES string of the molecule is CCCc1nc(-c2ncc(C)cc2C)sc1CNCC. The van der Waals surface area contributed by atoms with Crippen LogP contribution in [0.2, 0.25) is 0 Å². The largest absolute Gasteiger partial charge is 0.312 e. The van der Waals surface area contributed by atoms with Crippen LogP contribution in [0.4, 0.5) is 0 Å². The van der Waals surface area contributed by atoms with Crippen LogP contribution in [0, 0.1) is 13.8 Å². The molecule has 20 heavy (non-hydrogen) atoms. The number of hydrogen-bond donors (Lipinski definition) is 1. The lowest BCUT2D eigenvalue weighted by molar-refractivity contribution is 0.723. The molecule has 1 N–H and O–H groups in total. The van der Waals surface area contributed by atoms with Crippen LogP contribution in [0.1, 0.15) is 42.0 Å². The van der Waals surface area contributed by atoms with Gasteiger partial charge < -0.3 is 5.32 Å². The first-order valence-corrected chi connectivity index (χ1v) is 8.10. The van der Waals surface area contributed by atoms with Gasteiger partial charge in [-0.25, -0.2) is 4.98 Å². The fourth-order valence-electron chi connectivity index (χ4n) is 2.23. The average Bonchev–Trinajstić information content (AvgIpc) is 2.80. The number of nitrogens with zero attached hydrogens (tertiary/aromatic N) is 2. The second kappa shape index (κ2) is 6.95. The van der Waals surface area contributed by atoms with E-state index >= 15 is 0 Å². The zero-order valence-corrected chi connectivity index (χ0v) is 13.6. The van der Waals surface area contributed by atoms with Gasteiger partial charge >= 0.3 is 0 Å². The zero-order chi connectivity index (χ0) is 14.5. The molecule has 0 saturated heterocycles. The van der Waals surface area contributed by atoms with Crippen molar-refractivity contribution in [3.05, 3.63) is 34.0 Å². The van der Waals surface area contributed by atoms with Crippen molar-refractivity contribution in [1.29, 1.82) is 0 Å². The van der Waals surface area contributed by atoms with Crippen molar-refractivity contribution in [3.63, 3.8) is 0 Å². The van der Waals surface area contributed by atoms with Gasteiger partial charge in [0.05, 0.1) is 5.69 Å². The van der Waals surface area contributed by atoms with Crippen LogP contribution in [-0.4, -0.2) is 16.5 Å². The van der Waals surface area contributed by atoms with Gasteiger partial charge in [-0.1, -0.05) is 26.3 Å². The van der Waals surface area contributed by atoms with E-state index in [1.54, 1.807) is 11.3 Å². The maximum absolute atomic E-state index is 4.83. The van der Waals surface area contributed by atoms with Crippen LogP contribution in [0.5, 0.6) is 0 Å². The lowest BCUT2D eigenvalue weighted by atomic mass is 10.2. The van der Waals surface area contributed by atoms with Crippen LogP contribution in [0.15, 0.2) is 12.3 Å². The average molecular weight is 289 g/mol. The molecule has 2 aromatic heterocycles. The first-order valence-electron chi connectivity index (χ1n) is 7.28. The van der Waals surface area contributed by atoms with E-state index in [1.807, 2.05) is 6.20 Å². The monoisotopic (exact) mass is 289 g/mol. The summed E-state index contributed by atoms with van der Waals surface area (Å²) in [6, 6.07) is 2.17. The molecule has 108 valence electrons. The van der Waals surface area contributed by atoms with Gasteiger partial charge in [0.2, 0.25) is 0 Å². The molecule has 2 aromatic rings. The van der Waals surface area contributed by atoms with Gasteiger partial charge in [-0.2, -0.15) is 0 Å². The minimum atomic E-state index is 0.911. The van der Waals surface area contributed by atoms with Crippen LogP contribution < -0.4 is 5.32 Å². The molecule has 0 aliphatic heterocycles. The van der Waals surface area contributed by atoms with E-state index < -0.39 is 0 Å². The third kappa shape index (κ3) is 3.44. The topological polar surface area (TPSA) is 37.8 Å². The summed E-state index contributed by atoms with van der Waals surface area (Å²) >= 11 is 1.78. The van der Waals surface area contributed by atoms with Gasteiger partial charge in [-0.05, 0) is 37.9 Å². The molecule has 0 fully saturated rings. The molecule has 0 amide bonds. The van der Waals surface area contributed by atoms with Gasteiger partial charge in [-0.3, -0.25) is 4.98 Å². The van der Waals surface area contributed by atoms with Crippen molar-refractivity contribution in [1.82, 2.24) is 15.3 Å². The molecule has 0 saturated carbocycles. The van der Waals surface area contributed by atoms with Crippen molar-refractivity contribution in [3.8, 4) is 10.7 Å². The summed E-state index contributed by atoms with van der Waals surface area (Å²) in [5, 5.41) is 4.46. The van der Waals surface area contributed by atoms with E-state index in [9.17, 15) is 0 Å². The van der Waals surface area contributed by atoms with Crippen LogP contribution in [-0.2, 0) is 13.0 Å². The molecule has 0 aliphatic carbocycles. The summed E-state index contributed by atoms with van der Waals surface area (Å²) in [6.45, 7) is 10.4. The number of pyridine rings is 1. The molecule has 0 bridgehead atoms. The highest BCUT2D eigenvalue weighted by molar-refractivity contribution is 7.15. The minimum Gasteiger partial charge on any atom is -0.312 e. The second-order valence-corrected chi connectivity index (χ2v) is 6.18. The Labute approximate surface area is 125 Å². The Balaban J connectivity index is 2.36. The predicted molar refractivity (Wildman–Crippen MR) is 86.2 cm³/mol. The van der Waals surface area contributed by atoms with E-state index in [4.69, 9.17) is 4.98 Å². The number of aromatic nitrogens is 2. The molecule has 0 aliphatic rings. The normalized spacial score (nSPS) is 11.0. The van der Waals surface area contributed by atoms with Crippen LogP contribution >= 0.6 is 11.3 Å². The van der Waals surface area contributed by atoms with Crippen molar-refractivity contribution < 1.29 is 0 Å². The fourth-order valence-corrected chi connectivity index (χ4v) is 3.37. The van der Waals surface area contributed by atoms with E-state index in [0.29, 0.717) is 0 Å². The van der Waals surface area contributed by atoms with Crippen LogP contribution in [0.25, 0.3) is 10.7 Å². The number of aryl methyl sites for hydroxylation is 3. The molecule has 2 rings (SSSR count). The molecular formula is C16H23N3S. The molecular weight excluding hydrogens is 266 g/mol. The Kier molecular flexibility index (Phi) is 5.26. The summed E-state index contributed by atoms with van der Waals surface area (Å²) in [4.78, 5) is 10.8. The molecule has 3 nitrogen and oxygen atoms in total. The van der Waals surface area contributed by atoms with Gasteiger partial charge in [-0.15, -0.1) is 11.3 Å². The summed E-state index contributed by atoms with van der Waals surface area (Å²) in [5.74, 6) is 0. The lowest BCUT2D eigenvalue weighted by Crippen LogP contribution is -2.11. The van der Waals surface area contributed by atoms with Gasteiger partial charge in [0, 0.05) is 17.6 Å². The van der Waals surface area contributed by atoms with Gasteiger partial charge in [0.15, 0.2) is 0 Å². The summed E-state index contributed by atoms with van der Waals surface area (Å²) < 4.78 is 0. The van der Waals surface area contributed by atoms with Crippen molar-refractivity contribution in [2.24, 2.45) is 0 Å². The Morgan fingerprint density at radius 2 is 2.05 bits per heavy atom. The maximum Gasteiger partial charge on any atom is 0.142 e. The van der Waals surface area contributed by atoms with Crippen molar-refractivity contribution in [2.75, 3.05) is 6.54 Å². The quantitative estimate of drug-likeness (QED) is 0.877. The van der Waals surface area contributed by atoms with Crippen molar-refractivity contribution >= 4 is 11.3 Å². The standard InChI is InChI=1S/C16H23N3S/c1-5-7-13-14(10-17-6-2)20-16(19-13)15-12(4)8-11(3)9-18-15/h8-9,17H,5-7,10H2,1-4H3. The van der Waals surface area contributed by atoms with Crippen LogP contribution in [0.3, 0.4) is 0 Å². The summed E-state index contributed by atoms with van der Waals surface area (Å²) in [6.07, 6.45) is 4.10. The highest BCUT2D eigenvalue weighted by Gasteiger charge is 2.14. The van der Waals surface area contributed by atoms with Crippen molar-refractivity contribution in [2.45, 2.75) is 47.1 Å². The third-order valence-corrected chi connectivity index (χ3v) is 4.32. The van der Waals surface area contributed by atoms with Gasteiger partial charge in [0.25, 0.3) is 0 Å².